The lowest BCUT2D eigenvalue weighted by Crippen LogP contribution is -1.85. The molecule has 1 aliphatic rings. The lowest BCUT2D eigenvalue weighted by atomic mass is 9.97. The molecular formula is C16H12O. The molecule has 3 aromatic carbocycles. The molecule has 0 aliphatic carbocycles. The highest BCUT2D eigenvalue weighted by Crippen LogP contribution is 2.31. The minimum atomic E-state index is 0.755. The average Bonchev–Trinajstić information content (AvgIpc) is 2.85. The normalized spacial score (nSPS) is 14.4. The quantitative estimate of drug-likeness (QED) is 0.520. The Morgan fingerprint density at radius 3 is 2.47 bits per heavy atom. The minimum Gasteiger partial charge on any atom is -0.372 e. The van der Waals surface area contributed by atoms with Gasteiger partial charge in [0.2, 0.25) is 0 Å². The van der Waals surface area contributed by atoms with Gasteiger partial charge < -0.3 is 4.74 Å². The zero-order valence-electron chi connectivity index (χ0n) is 9.44. The van der Waals surface area contributed by atoms with Gasteiger partial charge in [0.15, 0.2) is 0 Å². The van der Waals surface area contributed by atoms with E-state index in [4.69, 9.17) is 4.74 Å². The molecule has 0 unspecified atom stereocenters. The van der Waals surface area contributed by atoms with Crippen LogP contribution in [0, 0.1) is 0 Å². The number of fused-ring (bicyclic) bond motifs is 4. The van der Waals surface area contributed by atoms with Crippen molar-refractivity contribution in [2.24, 2.45) is 0 Å². The van der Waals surface area contributed by atoms with Gasteiger partial charge in [0.1, 0.15) is 0 Å². The first-order chi connectivity index (χ1) is 8.42. The molecule has 0 N–H and O–H groups in total. The molecule has 0 saturated heterocycles. The first kappa shape index (κ1) is 9.20. The van der Waals surface area contributed by atoms with E-state index in [1.165, 1.54) is 32.7 Å². The largest absolute Gasteiger partial charge is 0.372 e. The van der Waals surface area contributed by atoms with E-state index in [1.54, 1.807) is 0 Å². The van der Waals surface area contributed by atoms with Gasteiger partial charge in [-0.1, -0.05) is 36.4 Å². The summed E-state index contributed by atoms with van der Waals surface area (Å²) in [6.45, 7) is 1.52. The standard InChI is InChI=1S/C16H12O/c1-2-4-12-8-15-13(7-11(12)3-1)5-6-14-9-17-10-16(14)15/h1-8H,9-10H2. The van der Waals surface area contributed by atoms with Crippen LogP contribution in [0.2, 0.25) is 0 Å². The summed E-state index contributed by atoms with van der Waals surface area (Å²) in [5.74, 6) is 0. The Bertz CT molecular complexity index is 728. The third kappa shape index (κ3) is 1.29. The van der Waals surface area contributed by atoms with Gasteiger partial charge in [-0.3, -0.25) is 0 Å². The first-order valence-electron chi connectivity index (χ1n) is 5.93. The number of hydrogen-bond acceptors (Lipinski definition) is 1. The van der Waals surface area contributed by atoms with Crippen molar-refractivity contribution in [1.82, 2.24) is 0 Å². The van der Waals surface area contributed by atoms with Crippen molar-refractivity contribution in [1.29, 1.82) is 0 Å². The van der Waals surface area contributed by atoms with Gasteiger partial charge in [-0.2, -0.15) is 0 Å². The number of hydrogen-bond donors (Lipinski definition) is 0. The maximum atomic E-state index is 5.54. The summed E-state index contributed by atoms with van der Waals surface area (Å²) in [6.07, 6.45) is 0. The Morgan fingerprint density at radius 2 is 1.59 bits per heavy atom. The van der Waals surface area contributed by atoms with Crippen molar-refractivity contribution in [2.45, 2.75) is 13.2 Å². The maximum Gasteiger partial charge on any atom is 0.0731 e. The van der Waals surface area contributed by atoms with Crippen LogP contribution in [-0.2, 0) is 18.0 Å². The molecule has 0 bridgehead atoms. The predicted molar refractivity (Wildman–Crippen MR) is 69.9 cm³/mol. The van der Waals surface area contributed by atoms with Crippen molar-refractivity contribution in [3.8, 4) is 0 Å². The molecule has 0 aromatic heterocycles. The van der Waals surface area contributed by atoms with Gasteiger partial charge in [0, 0.05) is 0 Å². The summed E-state index contributed by atoms with van der Waals surface area (Å²) in [7, 11) is 0. The lowest BCUT2D eigenvalue weighted by molar-refractivity contribution is 0.135. The third-order valence-electron chi connectivity index (χ3n) is 3.60. The summed E-state index contributed by atoms with van der Waals surface area (Å²) >= 11 is 0. The molecular weight excluding hydrogens is 208 g/mol. The third-order valence-corrected chi connectivity index (χ3v) is 3.60. The molecule has 17 heavy (non-hydrogen) atoms. The smallest absolute Gasteiger partial charge is 0.0731 e. The Hall–Kier alpha value is -1.86. The summed E-state index contributed by atoms with van der Waals surface area (Å²) in [6, 6.07) is 17.5. The molecule has 3 aromatic rings. The van der Waals surface area contributed by atoms with E-state index in [1.807, 2.05) is 0 Å². The molecule has 0 radical (unpaired) electrons. The van der Waals surface area contributed by atoms with Crippen LogP contribution >= 0.6 is 0 Å². The van der Waals surface area contributed by atoms with Crippen molar-refractivity contribution >= 4 is 21.5 Å². The van der Waals surface area contributed by atoms with E-state index < -0.39 is 0 Å². The fraction of sp³-hybridized carbons (Fsp3) is 0.125. The van der Waals surface area contributed by atoms with E-state index in [9.17, 15) is 0 Å². The van der Waals surface area contributed by atoms with E-state index in [-0.39, 0.29) is 0 Å². The maximum absolute atomic E-state index is 5.54. The SMILES string of the molecule is c1ccc2cc3c4c(ccc3cc2c1)COC4. The molecule has 4 rings (SSSR count). The molecule has 0 atom stereocenters. The zero-order chi connectivity index (χ0) is 11.2. The summed E-state index contributed by atoms with van der Waals surface area (Å²) in [5, 5.41) is 5.27. The second-order valence-corrected chi connectivity index (χ2v) is 4.62. The van der Waals surface area contributed by atoms with Crippen LogP contribution in [0.15, 0.2) is 48.5 Å². The number of rotatable bonds is 0. The van der Waals surface area contributed by atoms with E-state index in [2.05, 4.69) is 48.5 Å². The minimum absolute atomic E-state index is 0.755. The summed E-state index contributed by atoms with van der Waals surface area (Å²) in [4.78, 5) is 0. The topological polar surface area (TPSA) is 9.23 Å². The Morgan fingerprint density at radius 1 is 0.765 bits per heavy atom. The summed E-state index contributed by atoms with van der Waals surface area (Å²) < 4.78 is 5.54. The highest BCUT2D eigenvalue weighted by atomic mass is 16.5. The van der Waals surface area contributed by atoms with Gasteiger partial charge in [0.05, 0.1) is 13.2 Å². The van der Waals surface area contributed by atoms with Crippen molar-refractivity contribution in [3.05, 3.63) is 59.7 Å². The Kier molecular flexibility index (Phi) is 1.79. The Labute approximate surface area is 99.6 Å². The molecule has 1 heterocycles. The van der Waals surface area contributed by atoms with Gasteiger partial charge in [-0.05, 0) is 44.8 Å². The highest BCUT2D eigenvalue weighted by molar-refractivity contribution is 6.00. The van der Waals surface area contributed by atoms with Gasteiger partial charge in [0.25, 0.3) is 0 Å². The van der Waals surface area contributed by atoms with Crippen molar-refractivity contribution in [2.75, 3.05) is 0 Å². The Balaban J connectivity index is 2.17. The van der Waals surface area contributed by atoms with E-state index >= 15 is 0 Å². The average molecular weight is 220 g/mol. The number of benzene rings is 3. The van der Waals surface area contributed by atoms with Crippen LogP contribution in [0.3, 0.4) is 0 Å². The molecule has 0 fully saturated rings. The molecule has 0 saturated carbocycles. The molecule has 1 nitrogen and oxygen atoms in total. The van der Waals surface area contributed by atoms with Crippen LogP contribution in [0.4, 0.5) is 0 Å². The molecule has 0 spiro atoms. The van der Waals surface area contributed by atoms with Crippen LogP contribution in [0.5, 0.6) is 0 Å². The summed E-state index contributed by atoms with van der Waals surface area (Å²) in [5.41, 5.74) is 2.71. The second-order valence-electron chi connectivity index (χ2n) is 4.62. The molecule has 0 amide bonds. The second kappa shape index (κ2) is 3.31. The molecule has 1 heteroatoms. The van der Waals surface area contributed by atoms with Gasteiger partial charge >= 0.3 is 0 Å². The monoisotopic (exact) mass is 220 g/mol. The zero-order valence-corrected chi connectivity index (χ0v) is 9.44. The van der Waals surface area contributed by atoms with Crippen LogP contribution in [0.1, 0.15) is 11.1 Å². The first-order valence-corrected chi connectivity index (χ1v) is 5.93. The van der Waals surface area contributed by atoms with Crippen LogP contribution < -0.4 is 0 Å². The highest BCUT2D eigenvalue weighted by Gasteiger charge is 2.14. The van der Waals surface area contributed by atoms with E-state index in [0.717, 1.165) is 13.2 Å². The van der Waals surface area contributed by atoms with Crippen molar-refractivity contribution < 1.29 is 4.74 Å². The van der Waals surface area contributed by atoms with Gasteiger partial charge in [-0.15, -0.1) is 0 Å². The van der Waals surface area contributed by atoms with E-state index in [0.29, 0.717) is 0 Å². The fourth-order valence-corrected chi connectivity index (χ4v) is 2.69. The van der Waals surface area contributed by atoms with Crippen LogP contribution in [0.25, 0.3) is 21.5 Å². The van der Waals surface area contributed by atoms with Crippen LogP contribution in [-0.4, -0.2) is 0 Å². The fourth-order valence-electron chi connectivity index (χ4n) is 2.69. The molecule has 82 valence electrons. The van der Waals surface area contributed by atoms with Crippen molar-refractivity contribution in [3.63, 3.8) is 0 Å². The predicted octanol–water partition coefficient (Wildman–Crippen LogP) is 4.02. The molecule has 1 aliphatic heterocycles. The number of ether oxygens (including phenoxy) is 1. The lowest BCUT2D eigenvalue weighted by Gasteiger charge is -2.06. The van der Waals surface area contributed by atoms with Gasteiger partial charge in [-0.25, -0.2) is 0 Å².